The Morgan fingerprint density at radius 3 is 2.41 bits per heavy atom. The van der Waals surface area contributed by atoms with Crippen molar-refractivity contribution in [1.82, 2.24) is 10.2 Å². The van der Waals surface area contributed by atoms with Crippen molar-refractivity contribution in [3.05, 3.63) is 0 Å². The topological polar surface area (TPSA) is 57.5 Å². The van der Waals surface area contributed by atoms with Gasteiger partial charge in [0.1, 0.15) is 0 Å². The highest BCUT2D eigenvalue weighted by molar-refractivity contribution is 5.03. The molecule has 5 heteroatoms. The summed E-state index contributed by atoms with van der Waals surface area (Å²) >= 11 is 0. The van der Waals surface area contributed by atoms with Crippen LogP contribution in [0.2, 0.25) is 0 Å². The Balaban J connectivity index is 1.39. The number of likely N-dealkylation sites (tertiary alicyclic amines) is 1. The Hall–Kier alpha value is -0.670. The first kappa shape index (κ1) is 16.2. The Morgan fingerprint density at radius 1 is 1.14 bits per heavy atom. The predicted octanol–water partition coefficient (Wildman–Crippen LogP) is 1.54. The highest BCUT2D eigenvalue weighted by atomic mass is 16.5. The van der Waals surface area contributed by atoms with Gasteiger partial charge in [0.05, 0.1) is 29.8 Å². The van der Waals surface area contributed by atoms with E-state index in [1.54, 1.807) is 7.11 Å². The zero-order valence-electron chi connectivity index (χ0n) is 13.7. The van der Waals surface area contributed by atoms with Crippen molar-refractivity contribution in [2.45, 2.75) is 56.8 Å². The second-order valence-corrected chi connectivity index (χ2v) is 7.20. The monoisotopic (exact) mass is 307 g/mol. The van der Waals surface area contributed by atoms with Gasteiger partial charge in [-0.25, -0.2) is 0 Å². The summed E-state index contributed by atoms with van der Waals surface area (Å²) in [7, 11) is 1.78. The molecule has 22 heavy (non-hydrogen) atoms. The van der Waals surface area contributed by atoms with Crippen molar-refractivity contribution < 1.29 is 9.47 Å². The SMILES string of the molecule is COC1CC(OC2CCN(CC3(C#N)CCNCC3)CC2)C1. The predicted molar refractivity (Wildman–Crippen MR) is 84.5 cm³/mol. The number of hydrogen-bond donors (Lipinski definition) is 1. The van der Waals surface area contributed by atoms with E-state index in [0.717, 1.165) is 71.2 Å². The first-order valence-corrected chi connectivity index (χ1v) is 8.75. The van der Waals surface area contributed by atoms with Gasteiger partial charge in [-0.15, -0.1) is 0 Å². The number of nitrogens with zero attached hydrogens (tertiary/aromatic N) is 2. The van der Waals surface area contributed by atoms with Gasteiger partial charge in [0.2, 0.25) is 0 Å². The van der Waals surface area contributed by atoms with E-state index in [2.05, 4.69) is 16.3 Å². The van der Waals surface area contributed by atoms with Crippen LogP contribution in [-0.2, 0) is 9.47 Å². The van der Waals surface area contributed by atoms with Gasteiger partial charge in [0, 0.05) is 26.7 Å². The van der Waals surface area contributed by atoms with Gasteiger partial charge in [0.15, 0.2) is 0 Å². The van der Waals surface area contributed by atoms with E-state index in [-0.39, 0.29) is 5.41 Å². The molecule has 2 heterocycles. The fourth-order valence-corrected chi connectivity index (χ4v) is 3.94. The molecule has 0 radical (unpaired) electrons. The molecule has 3 rings (SSSR count). The molecule has 1 saturated carbocycles. The first-order valence-electron chi connectivity index (χ1n) is 8.75. The van der Waals surface area contributed by atoms with Gasteiger partial charge in [0.25, 0.3) is 0 Å². The third-order valence-corrected chi connectivity index (χ3v) is 5.63. The lowest BCUT2D eigenvalue weighted by Gasteiger charge is -2.41. The maximum Gasteiger partial charge on any atom is 0.0724 e. The summed E-state index contributed by atoms with van der Waals surface area (Å²) < 4.78 is 11.5. The normalized spacial score (nSPS) is 33.1. The number of hydrogen-bond acceptors (Lipinski definition) is 5. The number of piperidine rings is 2. The Labute approximate surface area is 133 Å². The average molecular weight is 307 g/mol. The number of nitrogens with one attached hydrogen (secondary N) is 1. The lowest BCUT2D eigenvalue weighted by Crippen LogP contribution is -2.48. The van der Waals surface area contributed by atoms with Crippen molar-refractivity contribution >= 4 is 0 Å². The molecule has 0 aromatic heterocycles. The molecule has 124 valence electrons. The molecule has 3 aliphatic rings. The van der Waals surface area contributed by atoms with Gasteiger partial charge >= 0.3 is 0 Å². The molecule has 0 spiro atoms. The summed E-state index contributed by atoms with van der Waals surface area (Å²) in [5.41, 5.74) is -0.126. The fourth-order valence-electron chi connectivity index (χ4n) is 3.94. The second-order valence-electron chi connectivity index (χ2n) is 7.20. The summed E-state index contributed by atoms with van der Waals surface area (Å²) in [6.45, 7) is 5.04. The lowest BCUT2D eigenvalue weighted by molar-refractivity contribution is -0.127. The molecule has 1 aliphatic carbocycles. The molecule has 3 fully saturated rings. The van der Waals surface area contributed by atoms with Gasteiger partial charge in [-0.2, -0.15) is 5.26 Å². The molecule has 2 aliphatic heterocycles. The van der Waals surface area contributed by atoms with Crippen molar-refractivity contribution in [3.63, 3.8) is 0 Å². The van der Waals surface area contributed by atoms with E-state index < -0.39 is 0 Å². The summed E-state index contributed by atoms with van der Waals surface area (Å²) in [6, 6.07) is 2.61. The van der Waals surface area contributed by atoms with Crippen LogP contribution in [0.3, 0.4) is 0 Å². The molecule has 0 bridgehead atoms. The third-order valence-electron chi connectivity index (χ3n) is 5.63. The summed E-state index contributed by atoms with van der Waals surface area (Å²) in [6.07, 6.45) is 7.53. The highest BCUT2D eigenvalue weighted by Crippen LogP contribution is 2.32. The Morgan fingerprint density at radius 2 is 1.82 bits per heavy atom. The second kappa shape index (κ2) is 7.27. The molecule has 5 nitrogen and oxygen atoms in total. The molecule has 0 amide bonds. The zero-order chi connectivity index (χ0) is 15.4. The van der Waals surface area contributed by atoms with E-state index in [9.17, 15) is 5.26 Å². The van der Waals surface area contributed by atoms with Crippen LogP contribution >= 0.6 is 0 Å². The smallest absolute Gasteiger partial charge is 0.0724 e. The maximum atomic E-state index is 9.59. The van der Waals surface area contributed by atoms with Crippen molar-refractivity contribution in [3.8, 4) is 6.07 Å². The van der Waals surface area contributed by atoms with Crippen molar-refractivity contribution in [2.24, 2.45) is 5.41 Å². The van der Waals surface area contributed by atoms with Crippen LogP contribution < -0.4 is 5.32 Å². The average Bonchev–Trinajstić information content (AvgIpc) is 2.53. The highest BCUT2D eigenvalue weighted by Gasteiger charge is 2.36. The standard InChI is InChI=1S/C17H29N3O2/c1-21-15-10-16(11-15)22-14-2-8-20(9-3-14)13-17(12-18)4-6-19-7-5-17/h14-16,19H,2-11,13H2,1H3. The lowest BCUT2D eigenvalue weighted by atomic mass is 9.79. The van der Waals surface area contributed by atoms with Crippen LogP contribution in [0.15, 0.2) is 0 Å². The maximum absolute atomic E-state index is 9.59. The molecule has 0 aromatic carbocycles. The molecule has 0 atom stereocenters. The first-order chi connectivity index (χ1) is 10.7. The molecule has 2 saturated heterocycles. The molecule has 0 aromatic rings. The third kappa shape index (κ3) is 3.80. The van der Waals surface area contributed by atoms with Crippen LogP contribution in [0.25, 0.3) is 0 Å². The van der Waals surface area contributed by atoms with Gasteiger partial charge in [-0.05, 0) is 51.6 Å². The minimum absolute atomic E-state index is 0.126. The quantitative estimate of drug-likeness (QED) is 0.835. The number of nitriles is 1. The van der Waals surface area contributed by atoms with Crippen LogP contribution in [0.1, 0.15) is 38.5 Å². The van der Waals surface area contributed by atoms with Crippen LogP contribution in [0.5, 0.6) is 0 Å². The van der Waals surface area contributed by atoms with Crippen LogP contribution in [0.4, 0.5) is 0 Å². The van der Waals surface area contributed by atoms with Crippen LogP contribution in [-0.4, -0.2) is 63.0 Å². The van der Waals surface area contributed by atoms with Crippen molar-refractivity contribution in [2.75, 3.05) is 39.8 Å². The van der Waals surface area contributed by atoms with Gasteiger partial charge in [-0.1, -0.05) is 0 Å². The van der Waals surface area contributed by atoms with Gasteiger partial charge in [-0.3, -0.25) is 0 Å². The van der Waals surface area contributed by atoms with Crippen molar-refractivity contribution in [1.29, 1.82) is 5.26 Å². The molecular formula is C17H29N3O2. The minimum Gasteiger partial charge on any atom is -0.381 e. The summed E-state index contributed by atoms with van der Waals surface area (Å²) in [5.74, 6) is 0. The summed E-state index contributed by atoms with van der Waals surface area (Å²) in [4.78, 5) is 2.48. The summed E-state index contributed by atoms with van der Waals surface area (Å²) in [5, 5.41) is 13.0. The fraction of sp³-hybridized carbons (Fsp3) is 0.941. The molecular weight excluding hydrogens is 278 g/mol. The number of methoxy groups -OCH3 is 1. The number of ether oxygens (including phenoxy) is 2. The van der Waals surface area contributed by atoms with Crippen LogP contribution in [0, 0.1) is 16.7 Å². The largest absolute Gasteiger partial charge is 0.381 e. The van der Waals surface area contributed by atoms with E-state index in [1.165, 1.54) is 0 Å². The number of rotatable bonds is 5. The van der Waals surface area contributed by atoms with E-state index >= 15 is 0 Å². The van der Waals surface area contributed by atoms with E-state index in [4.69, 9.17) is 9.47 Å². The Bertz CT molecular complexity index is 389. The zero-order valence-corrected chi connectivity index (χ0v) is 13.7. The Kier molecular flexibility index (Phi) is 5.35. The van der Waals surface area contributed by atoms with E-state index in [0.29, 0.717) is 18.3 Å². The molecule has 1 N–H and O–H groups in total. The van der Waals surface area contributed by atoms with Gasteiger partial charge < -0.3 is 19.7 Å². The molecule has 0 unspecified atom stereocenters. The minimum atomic E-state index is -0.126. The van der Waals surface area contributed by atoms with E-state index in [1.807, 2.05) is 0 Å².